The van der Waals surface area contributed by atoms with Gasteiger partial charge in [0.25, 0.3) is 0 Å². The van der Waals surface area contributed by atoms with Crippen LogP contribution in [0.1, 0.15) is 13.3 Å². The van der Waals surface area contributed by atoms with Crippen LogP contribution >= 0.6 is 11.8 Å². The first-order valence-corrected chi connectivity index (χ1v) is 10.4. The Bertz CT molecular complexity index is 1180. The molecule has 2 aromatic heterocycles. The minimum absolute atomic E-state index is 0.284. The van der Waals surface area contributed by atoms with Gasteiger partial charge in [-0.2, -0.15) is 0 Å². The summed E-state index contributed by atoms with van der Waals surface area (Å²) in [6, 6.07) is 16.2. The first kappa shape index (κ1) is 20.1. The molecule has 0 radical (unpaired) electrons. The summed E-state index contributed by atoms with van der Waals surface area (Å²) in [7, 11) is 1.39. The van der Waals surface area contributed by atoms with Crippen molar-refractivity contribution in [1.82, 2.24) is 14.5 Å². The standard InChI is InChI=1S/C23H20FN3O2S/c1-3-19(23(28)29-2)30-22-20-18(15-7-5-4-6-8-15)13-27(21(20)25-14-26-22)17-11-9-16(24)10-12-17/h4-14,19H,3H2,1-2H3/t19-/m1/s1. The van der Waals surface area contributed by atoms with Crippen LogP contribution in [0.2, 0.25) is 0 Å². The van der Waals surface area contributed by atoms with Crippen LogP contribution in [0, 0.1) is 5.82 Å². The molecule has 0 amide bonds. The Hall–Kier alpha value is -3.19. The van der Waals surface area contributed by atoms with Crippen LogP contribution in [-0.2, 0) is 9.53 Å². The number of hydrogen-bond acceptors (Lipinski definition) is 5. The number of aromatic nitrogens is 3. The van der Waals surface area contributed by atoms with Gasteiger partial charge in [-0.25, -0.2) is 14.4 Å². The smallest absolute Gasteiger partial charge is 0.319 e. The van der Waals surface area contributed by atoms with Crippen LogP contribution in [0.3, 0.4) is 0 Å². The summed E-state index contributed by atoms with van der Waals surface area (Å²) in [5, 5.41) is 1.18. The third kappa shape index (κ3) is 3.80. The van der Waals surface area contributed by atoms with Crippen molar-refractivity contribution in [3.8, 4) is 16.8 Å². The highest BCUT2D eigenvalue weighted by atomic mass is 32.2. The normalized spacial score (nSPS) is 12.1. The van der Waals surface area contributed by atoms with Gasteiger partial charge in [0, 0.05) is 17.4 Å². The fourth-order valence-corrected chi connectivity index (χ4v) is 4.38. The lowest BCUT2D eigenvalue weighted by atomic mass is 10.1. The second kappa shape index (κ2) is 8.67. The van der Waals surface area contributed by atoms with Crippen LogP contribution in [0.25, 0.3) is 27.8 Å². The number of nitrogens with zero attached hydrogens (tertiary/aromatic N) is 3. The van der Waals surface area contributed by atoms with Crippen LogP contribution < -0.4 is 0 Å². The number of thioether (sulfide) groups is 1. The van der Waals surface area contributed by atoms with Crippen molar-refractivity contribution in [2.45, 2.75) is 23.6 Å². The van der Waals surface area contributed by atoms with E-state index < -0.39 is 0 Å². The molecule has 0 saturated carbocycles. The molecule has 0 aliphatic rings. The number of fused-ring (bicyclic) bond motifs is 1. The highest BCUT2D eigenvalue weighted by Crippen LogP contribution is 2.38. The molecule has 30 heavy (non-hydrogen) atoms. The van der Waals surface area contributed by atoms with E-state index in [0.29, 0.717) is 17.1 Å². The van der Waals surface area contributed by atoms with Crippen LogP contribution in [0.5, 0.6) is 0 Å². The number of rotatable bonds is 6. The van der Waals surface area contributed by atoms with Gasteiger partial charge in [-0.15, -0.1) is 0 Å². The third-order valence-corrected chi connectivity index (χ3v) is 6.17. The molecule has 5 nitrogen and oxygen atoms in total. The molecule has 152 valence electrons. The molecule has 0 N–H and O–H groups in total. The molecule has 0 aliphatic heterocycles. The van der Waals surface area contributed by atoms with Gasteiger partial charge in [-0.3, -0.25) is 4.79 Å². The molecule has 0 fully saturated rings. The molecule has 0 saturated heterocycles. The summed E-state index contributed by atoms with van der Waals surface area (Å²) >= 11 is 1.37. The van der Waals surface area contributed by atoms with E-state index in [9.17, 15) is 9.18 Å². The average molecular weight is 421 g/mol. The van der Waals surface area contributed by atoms with Gasteiger partial charge in [-0.1, -0.05) is 49.0 Å². The van der Waals surface area contributed by atoms with E-state index >= 15 is 0 Å². The highest BCUT2D eigenvalue weighted by Gasteiger charge is 2.23. The van der Waals surface area contributed by atoms with E-state index in [-0.39, 0.29) is 17.0 Å². The molecular weight excluding hydrogens is 401 g/mol. The Balaban J connectivity index is 1.93. The van der Waals surface area contributed by atoms with Crippen molar-refractivity contribution >= 4 is 28.8 Å². The van der Waals surface area contributed by atoms with Gasteiger partial charge in [0.15, 0.2) is 0 Å². The third-order valence-electron chi connectivity index (χ3n) is 4.83. The Labute approximate surface area is 177 Å². The molecule has 2 aromatic carbocycles. The maximum Gasteiger partial charge on any atom is 0.319 e. The number of benzene rings is 2. The highest BCUT2D eigenvalue weighted by molar-refractivity contribution is 8.00. The second-order valence-electron chi connectivity index (χ2n) is 6.67. The van der Waals surface area contributed by atoms with Gasteiger partial charge in [0.1, 0.15) is 28.1 Å². The summed E-state index contributed by atoms with van der Waals surface area (Å²) in [4.78, 5) is 21.2. The molecule has 7 heteroatoms. The summed E-state index contributed by atoms with van der Waals surface area (Å²) in [6.45, 7) is 1.94. The molecular formula is C23H20FN3O2S. The van der Waals surface area contributed by atoms with E-state index in [4.69, 9.17) is 4.74 Å². The quantitative estimate of drug-likeness (QED) is 0.241. The van der Waals surface area contributed by atoms with E-state index in [1.807, 2.05) is 48.0 Å². The van der Waals surface area contributed by atoms with Crippen molar-refractivity contribution in [2.75, 3.05) is 7.11 Å². The Kier molecular flexibility index (Phi) is 5.81. The molecule has 4 aromatic rings. The Morgan fingerprint density at radius 2 is 1.87 bits per heavy atom. The zero-order valence-electron chi connectivity index (χ0n) is 16.6. The average Bonchev–Trinajstić information content (AvgIpc) is 3.18. The topological polar surface area (TPSA) is 57.0 Å². The van der Waals surface area contributed by atoms with Crippen molar-refractivity contribution in [1.29, 1.82) is 0 Å². The lowest BCUT2D eigenvalue weighted by molar-refractivity contribution is -0.140. The number of halogens is 1. The number of hydrogen-bond donors (Lipinski definition) is 0. The minimum Gasteiger partial charge on any atom is -0.468 e. The fraction of sp³-hybridized carbons (Fsp3) is 0.174. The van der Waals surface area contributed by atoms with Crippen molar-refractivity contribution in [2.24, 2.45) is 0 Å². The zero-order chi connectivity index (χ0) is 21.1. The summed E-state index contributed by atoms with van der Waals surface area (Å²) in [5.41, 5.74) is 3.43. The lowest BCUT2D eigenvalue weighted by Gasteiger charge is -2.12. The maximum atomic E-state index is 13.5. The van der Waals surface area contributed by atoms with Crippen molar-refractivity contribution < 1.29 is 13.9 Å². The van der Waals surface area contributed by atoms with Crippen LogP contribution in [0.15, 0.2) is 72.1 Å². The summed E-state index contributed by atoms with van der Waals surface area (Å²) in [5.74, 6) is -0.582. The molecule has 1 atom stereocenters. The first-order chi connectivity index (χ1) is 14.6. The van der Waals surface area contributed by atoms with Gasteiger partial charge >= 0.3 is 5.97 Å². The molecule has 4 rings (SSSR count). The molecule has 0 bridgehead atoms. The largest absolute Gasteiger partial charge is 0.468 e. The van der Waals surface area contributed by atoms with Crippen molar-refractivity contribution in [3.63, 3.8) is 0 Å². The maximum absolute atomic E-state index is 13.5. The predicted molar refractivity (Wildman–Crippen MR) is 116 cm³/mol. The number of carbonyl (C=O) groups excluding carboxylic acids is 1. The Morgan fingerprint density at radius 3 is 2.53 bits per heavy atom. The molecule has 2 heterocycles. The van der Waals surface area contributed by atoms with Gasteiger partial charge < -0.3 is 9.30 Å². The molecule has 0 spiro atoms. The van der Waals surface area contributed by atoms with Crippen LogP contribution in [-0.4, -0.2) is 32.9 Å². The molecule has 0 aliphatic carbocycles. The lowest BCUT2D eigenvalue weighted by Crippen LogP contribution is -2.17. The predicted octanol–water partition coefficient (Wildman–Crippen LogP) is 5.27. The first-order valence-electron chi connectivity index (χ1n) is 9.54. The minimum atomic E-state index is -0.370. The molecule has 0 unspecified atom stereocenters. The summed E-state index contributed by atoms with van der Waals surface area (Å²) < 4.78 is 20.3. The second-order valence-corrected chi connectivity index (χ2v) is 7.86. The zero-order valence-corrected chi connectivity index (χ0v) is 17.4. The van der Waals surface area contributed by atoms with E-state index in [1.165, 1.54) is 37.3 Å². The van der Waals surface area contributed by atoms with E-state index in [1.54, 1.807) is 12.1 Å². The van der Waals surface area contributed by atoms with E-state index in [0.717, 1.165) is 22.2 Å². The van der Waals surface area contributed by atoms with Gasteiger partial charge in [0.2, 0.25) is 0 Å². The van der Waals surface area contributed by atoms with Crippen LogP contribution in [0.4, 0.5) is 4.39 Å². The van der Waals surface area contributed by atoms with Gasteiger partial charge in [0.05, 0.1) is 12.5 Å². The van der Waals surface area contributed by atoms with E-state index in [2.05, 4.69) is 9.97 Å². The fourth-order valence-electron chi connectivity index (χ4n) is 3.32. The summed E-state index contributed by atoms with van der Waals surface area (Å²) in [6.07, 6.45) is 4.08. The number of esters is 1. The number of methoxy groups -OCH3 is 1. The SMILES string of the molecule is CC[C@@H](Sc1ncnc2c1c(-c1ccccc1)cn2-c1ccc(F)cc1)C(=O)OC. The number of ether oxygens (including phenoxy) is 1. The Morgan fingerprint density at radius 1 is 1.13 bits per heavy atom. The number of carbonyl (C=O) groups is 1. The van der Waals surface area contributed by atoms with Gasteiger partial charge in [-0.05, 0) is 36.2 Å². The van der Waals surface area contributed by atoms with Crippen molar-refractivity contribution in [3.05, 3.63) is 72.9 Å². The monoisotopic (exact) mass is 421 g/mol.